The molecule has 0 atom stereocenters. The number of fused-ring (bicyclic) bond motifs is 1. The molecule has 3 aromatic rings. The van der Waals surface area contributed by atoms with Crippen LogP contribution in [-0.4, -0.2) is 14.6 Å². The summed E-state index contributed by atoms with van der Waals surface area (Å²) in [7, 11) is 0. The van der Waals surface area contributed by atoms with Crippen molar-refractivity contribution >= 4 is 5.65 Å². The molecular weight excluding hydrogens is 236 g/mol. The maximum atomic E-state index is 13.8. The molecule has 0 spiro atoms. The summed E-state index contributed by atoms with van der Waals surface area (Å²) in [4.78, 5) is 4.17. The van der Waals surface area contributed by atoms with Gasteiger partial charge in [0.25, 0.3) is 0 Å². The van der Waals surface area contributed by atoms with Gasteiger partial charge in [-0.15, -0.1) is 0 Å². The first kappa shape index (κ1) is 10.8. The van der Waals surface area contributed by atoms with Gasteiger partial charge in [0.05, 0.1) is 11.3 Å². The van der Waals surface area contributed by atoms with E-state index in [9.17, 15) is 8.78 Å². The van der Waals surface area contributed by atoms with E-state index < -0.39 is 11.6 Å². The Morgan fingerprint density at radius 1 is 1.00 bits per heavy atom. The van der Waals surface area contributed by atoms with E-state index in [4.69, 9.17) is 0 Å². The highest BCUT2D eigenvalue weighted by atomic mass is 19.1. The van der Waals surface area contributed by atoms with Crippen LogP contribution < -0.4 is 0 Å². The molecule has 0 N–H and O–H groups in total. The normalized spacial score (nSPS) is 11.1. The van der Waals surface area contributed by atoms with E-state index in [1.165, 1.54) is 22.7 Å². The van der Waals surface area contributed by atoms with Gasteiger partial charge in [0.15, 0.2) is 5.65 Å². The summed E-state index contributed by atoms with van der Waals surface area (Å²) in [6.45, 7) is 1.73. The van der Waals surface area contributed by atoms with Crippen molar-refractivity contribution in [3.63, 3.8) is 0 Å². The third kappa shape index (κ3) is 1.55. The number of nitrogens with zero attached hydrogens (tertiary/aromatic N) is 3. The topological polar surface area (TPSA) is 30.2 Å². The average Bonchev–Trinajstić information content (AvgIpc) is 2.70. The first-order valence-electron chi connectivity index (χ1n) is 5.43. The van der Waals surface area contributed by atoms with Crippen molar-refractivity contribution in [1.29, 1.82) is 0 Å². The van der Waals surface area contributed by atoms with Crippen LogP contribution in [0.2, 0.25) is 0 Å². The van der Waals surface area contributed by atoms with E-state index >= 15 is 0 Å². The maximum Gasteiger partial charge on any atom is 0.156 e. The zero-order valence-electron chi connectivity index (χ0n) is 9.56. The molecule has 0 fully saturated rings. The Balaban J connectivity index is 2.38. The smallest absolute Gasteiger partial charge is 0.156 e. The molecule has 0 aliphatic heterocycles. The summed E-state index contributed by atoms with van der Waals surface area (Å²) in [5.74, 6) is -0.675. The number of aryl methyl sites for hydroxylation is 1. The highest BCUT2D eigenvalue weighted by Crippen LogP contribution is 2.25. The summed E-state index contributed by atoms with van der Waals surface area (Å²) >= 11 is 0. The lowest BCUT2D eigenvalue weighted by Crippen LogP contribution is -1.98. The van der Waals surface area contributed by atoms with Gasteiger partial charge in [-0.1, -0.05) is 12.1 Å². The molecule has 90 valence electrons. The molecule has 5 heteroatoms. The van der Waals surface area contributed by atoms with E-state index in [1.54, 1.807) is 25.1 Å². The van der Waals surface area contributed by atoms with E-state index in [1.807, 2.05) is 0 Å². The van der Waals surface area contributed by atoms with Crippen LogP contribution in [0.4, 0.5) is 8.78 Å². The van der Waals surface area contributed by atoms with Gasteiger partial charge < -0.3 is 0 Å². The van der Waals surface area contributed by atoms with Gasteiger partial charge in [-0.3, -0.25) is 0 Å². The number of pyridine rings is 1. The molecule has 0 radical (unpaired) electrons. The molecule has 2 heterocycles. The molecule has 0 amide bonds. The van der Waals surface area contributed by atoms with E-state index in [0.717, 1.165) is 0 Å². The predicted molar refractivity (Wildman–Crippen MR) is 63.1 cm³/mol. The van der Waals surface area contributed by atoms with Gasteiger partial charge in [0, 0.05) is 0 Å². The second-order valence-electron chi connectivity index (χ2n) is 3.94. The number of hydrogen-bond donors (Lipinski definition) is 0. The van der Waals surface area contributed by atoms with E-state index in [-0.39, 0.29) is 5.56 Å². The van der Waals surface area contributed by atoms with Crippen molar-refractivity contribution in [2.45, 2.75) is 6.92 Å². The Morgan fingerprint density at radius 2 is 1.67 bits per heavy atom. The lowest BCUT2D eigenvalue weighted by atomic mass is 10.1. The van der Waals surface area contributed by atoms with Gasteiger partial charge >= 0.3 is 0 Å². The number of aromatic nitrogens is 3. The van der Waals surface area contributed by atoms with E-state index in [2.05, 4.69) is 10.1 Å². The van der Waals surface area contributed by atoms with Gasteiger partial charge in [0.2, 0.25) is 0 Å². The van der Waals surface area contributed by atoms with Crippen LogP contribution in [0.15, 0.2) is 36.4 Å². The Labute approximate surface area is 102 Å². The first-order chi connectivity index (χ1) is 8.66. The largest absolute Gasteiger partial charge is 0.213 e. The summed E-state index contributed by atoms with van der Waals surface area (Å²) in [6.07, 6.45) is 0. The molecule has 0 aliphatic rings. The minimum atomic E-state index is -0.615. The average molecular weight is 245 g/mol. The fraction of sp³-hybridized carbons (Fsp3) is 0.0769. The van der Waals surface area contributed by atoms with Crippen LogP contribution in [-0.2, 0) is 0 Å². The van der Waals surface area contributed by atoms with Crippen molar-refractivity contribution in [3.05, 3.63) is 53.9 Å². The zero-order chi connectivity index (χ0) is 12.7. The summed E-state index contributed by atoms with van der Waals surface area (Å²) in [6, 6.07) is 8.83. The summed E-state index contributed by atoms with van der Waals surface area (Å²) in [5.41, 5.74) is 0.823. The summed E-state index contributed by atoms with van der Waals surface area (Å²) < 4.78 is 29.0. The Morgan fingerprint density at radius 3 is 2.39 bits per heavy atom. The molecule has 0 saturated heterocycles. The first-order valence-corrected chi connectivity index (χ1v) is 5.43. The number of hydrogen-bond acceptors (Lipinski definition) is 2. The second-order valence-corrected chi connectivity index (χ2v) is 3.94. The molecule has 3 rings (SSSR count). The van der Waals surface area contributed by atoms with Crippen LogP contribution in [0.3, 0.4) is 0 Å². The minimum absolute atomic E-state index is 0.0898. The Bertz CT molecular complexity index is 714. The van der Waals surface area contributed by atoms with Crippen LogP contribution in [0.5, 0.6) is 0 Å². The van der Waals surface area contributed by atoms with E-state index in [0.29, 0.717) is 17.2 Å². The van der Waals surface area contributed by atoms with Gasteiger partial charge in [-0.05, 0) is 31.2 Å². The number of benzene rings is 1. The number of halogens is 2. The lowest BCUT2D eigenvalue weighted by Gasteiger charge is -2.06. The summed E-state index contributed by atoms with van der Waals surface area (Å²) in [5, 5.41) is 4.14. The highest BCUT2D eigenvalue weighted by molar-refractivity contribution is 5.64. The predicted octanol–water partition coefficient (Wildman–Crippen LogP) is 2.98. The third-order valence-electron chi connectivity index (χ3n) is 2.68. The third-order valence-corrected chi connectivity index (χ3v) is 2.68. The quantitative estimate of drug-likeness (QED) is 0.659. The fourth-order valence-corrected chi connectivity index (χ4v) is 1.94. The molecule has 0 bridgehead atoms. The van der Waals surface area contributed by atoms with Gasteiger partial charge in [-0.25, -0.2) is 18.3 Å². The van der Waals surface area contributed by atoms with Crippen molar-refractivity contribution < 1.29 is 8.78 Å². The monoisotopic (exact) mass is 245 g/mol. The van der Waals surface area contributed by atoms with Crippen LogP contribution in [0.25, 0.3) is 16.9 Å². The van der Waals surface area contributed by atoms with Crippen LogP contribution in [0.1, 0.15) is 5.82 Å². The maximum absolute atomic E-state index is 13.8. The van der Waals surface area contributed by atoms with Crippen LogP contribution in [0, 0.1) is 18.6 Å². The van der Waals surface area contributed by atoms with Crippen molar-refractivity contribution in [3.8, 4) is 11.3 Å². The lowest BCUT2D eigenvalue weighted by molar-refractivity contribution is 0.587. The van der Waals surface area contributed by atoms with Gasteiger partial charge in [-0.2, -0.15) is 5.10 Å². The molecule has 2 aromatic heterocycles. The Kier molecular flexibility index (Phi) is 2.33. The standard InChI is InChI=1S/C13H9F2N3/c1-8-16-12-7-3-6-11(18(12)17-8)13-9(14)4-2-5-10(13)15/h2-7H,1H3. The Hall–Kier alpha value is -2.30. The highest BCUT2D eigenvalue weighted by Gasteiger charge is 2.15. The number of rotatable bonds is 1. The van der Waals surface area contributed by atoms with Crippen molar-refractivity contribution in [1.82, 2.24) is 14.6 Å². The molecule has 3 nitrogen and oxygen atoms in total. The molecule has 0 aliphatic carbocycles. The van der Waals surface area contributed by atoms with Crippen molar-refractivity contribution in [2.75, 3.05) is 0 Å². The van der Waals surface area contributed by atoms with Crippen LogP contribution >= 0.6 is 0 Å². The molecule has 0 unspecified atom stereocenters. The molecular formula is C13H9F2N3. The minimum Gasteiger partial charge on any atom is -0.213 e. The van der Waals surface area contributed by atoms with Crippen molar-refractivity contribution in [2.24, 2.45) is 0 Å². The fourth-order valence-electron chi connectivity index (χ4n) is 1.94. The second kappa shape index (κ2) is 3.87. The molecule has 0 saturated carbocycles. The molecule has 18 heavy (non-hydrogen) atoms. The van der Waals surface area contributed by atoms with Gasteiger partial charge in [0.1, 0.15) is 17.5 Å². The SMILES string of the molecule is Cc1nc2cccc(-c3c(F)cccc3F)n2n1. The zero-order valence-corrected chi connectivity index (χ0v) is 9.56. The molecule has 1 aromatic carbocycles.